The van der Waals surface area contributed by atoms with Crippen molar-refractivity contribution in [2.75, 3.05) is 6.61 Å². The predicted octanol–water partition coefficient (Wildman–Crippen LogP) is 3.99. The molecule has 0 aromatic rings. The van der Waals surface area contributed by atoms with Gasteiger partial charge in [0.05, 0.1) is 16.8 Å². The first kappa shape index (κ1) is 42.6. The van der Waals surface area contributed by atoms with Crippen molar-refractivity contribution in [2.24, 2.45) is 0 Å². The number of esters is 2. The van der Waals surface area contributed by atoms with Crippen LogP contribution in [0, 0.1) is 0 Å². The molecule has 0 saturated carbocycles. The highest BCUT2D eigenvalue weighted by Crippen LogP contribution is 2.31. The normalized spacial score (nSPS) is 25.9. The summed E-state index contributed by atoms with van der Waals surface area (Å²) in [5, 5.41) is 51.8. The first-order chi connectivity index (χ1) is 22.2. The maximum absolute atomic E-state index is 13.0. The van der Waals surface area contributed by atoms with E-state index in [1.54, 1.807) is 32.9 Å². The molecule has 0 spiro atoms. The molecule has 0 aromatic heterocycles. The lowest BCUT2D eigenvalue weighted by molar-refractivity contribution is -0.321. The van der Waals surface area contributed by atoms with Gasteiger partial charge in [0.1, 0.15) is 24.9 Å². The zero-order valence-corrected chi connectivity index (χ0v) is 29.0. The van der Waals surface area contributed by atoms with E-state index in [0.717, 1.165) is 0 Å². The van der Waals surface area contributed by atoms with Crippen LogP contribution in [0.2, 0.25) is 0 Å². The van der Waals surface area contributed by atoms with Gasteiger partial charge in [-0.05, 0) is 80.1 Å². The average molecular weight is 679 g/mol. The summed E-state index contributed by atoms with van der Waals surface area (Å²) in [7, 11) is 0. The highest BCUT2D eigenvalue weighted by molar-refractivity contribution is 5.88. The molecule has 1 aliphatic heterocycles. The largest absolute Gasteiger partial charge is 0.478 e. The zero-order chi connectivity index (χ0) is 36.9. The molecule has 12 nitrogen and oxygen atoms in total. The Hall–Kier alpha value is -3.39. The van der Waals surface area contributed by atoms with E-state index in [2.05, 4.69) is 19.7 Å². The summed E-state index contributed by atoms with van der Waals surface area (Å²) >= 11 is 0. The van der Waals surface area contributed by atoms with Crippen molar-refractivity contribution >= 4 is 17.9 Å². The molecule has 1 fully saturated rings. The Morgan fingerprint density at radius 3 is 1.71 bits per heavy atom. The minimum atomic E-state index is -1.69. The second-order valence-corrected chi connectivity index (χ2v) is 12.8. The first-order valence-corrected chi connectivity index (χ1v) is 15.9. The van der Waals surface area contributed by atoms with Gasteiger partial charge in [0.25, 0.3) is 0 Å². The second kappa shape index (κ2) is 19.0. The van der Waals surface area contributed by atoms with Crippen molar-refractivity contribution in [3.8, 4) is 0 Å². The third-order valence-corrected chi connectivity index (χ3v) is 8.23. The number of carbonyl (C=O) groups is 3. The quantitative estimate of drug-likeness (QED) is 0.0709. The number of aliphatic hydroxyl groups excluding tert-OH is 2. The van der Waals surface area contributed by atoms with Crippen LogP contribution in [0.25, 0.3) is 0 Å². The second-order valence-electron chi connectivity index (χ2n) is 12.8. The lowest BCUT2D eigenvalue weighted by Crippen LogP contribution is -2.62. The highest BCUT2D eigenvalue weighted by Gasteiger charge is 2.49. The van der Waals surface area contributed by atoms with Gasteiger partial charge in [-0.15, -0.1) is 19.7 Å². The van der Waals surface area contributed by atoms with Crippen molar-refractivity contribution in [1.29, 1.82) is 0 Å². The molecule has 0 aromatic carbocycles. The van der Waals surface area contributed by atoms with Crippen molar-refractivity contribution in [3.05, 3.63) is 72.9 Å². The highest BCUT2D eigenvalue weighted by atomic mass is 16.7. The molecule has 0 aliphatic carbocycles. The van der Waals surface area contributed by atoms with Crippen molar-refractivity contribution in [2.45, 2.75) is 128 Å². The third-order valence-electron chi connectivity index (χ3n) is 8.23. The number of hydrogen-bond donors (Lipinski definition) is 5. The van der Waals surface area contributed by atoms with E-state index in [9.17, 15) is 34.8 Å². The van der Waals surface area contributed by atoms with Crippen molar-refractivity contribution in [3.63, 3.8) is 0 Å². The molecule has 1 heterocycles. The molecular weight excluding hydrogens is 624 g/mol. The minimum Gasteiger partial charge on any atom is -0.478 e. The first-order valence-electron chi connectivity index (χ1n) is 15.9. The van der Waals surface area contributed by atoms with Crippen molar-refractivity contribution < 1.29 is 58.9 Å². The maximum Gasteiger partial charge on any atom is 0.333 e. The number of aliphatic carboxylic acids is 1. The average Bonchev–Trinajstić information content (AvgIpc) is 3.02. The number of ether oxygens (including phenoxy) is 4. The van der Waals surface area contributed by atoms with E-state index in [1.807, 2.05) is 0 Å². The van der Waals surface area contributed by atoms with Crippen LogP contribution in [0.15, 0.2) is 72.9 Å². The number of carbonyl (C=O) groups excluding carboxylic acids is 2. The van der Waals surface area contributed by atoms with Gasteiger partial charge in [-0.3, -0.25) is 0 Å². The van der Waals surface area contributed by atoms with E-state index < -0.39 is 72.0 Å². The van der Waals surface area contributed by atoms with Crippen LogP contribution in [0.4, 0.5) is 0 Å². The fourth-order valence-corrected chi connectivity index (χ4v) is 4.43. The Morgan fingerprint density at radius 1 is 0.750 bits per heavy atom. The Kier molecular flexibility index (Phi) is 16.8. The van der Waals surface area contributed by atoms with Crippen LogP contribution in [0.3, 0.4) is 0 Å². The lowest BCUT2D eigenvalue weighted by Gasteiger charge is -2.44. The third kappa shape index (κ3) is 14.0. The molecule has 0 unspecified atom stereocenters. The van der Waals surface area contributed by atoms with Crippen LogP contribution in [-0.4, -0.2) is 97.6 Å². The summed E-state index contributed by atoms with van der Waals surface area (Å²) in [5.41, 5.74) is -2.86. The van der Waals surface area contributed by atoms with Crippen molar-refractivity contribution in [1.82, 2.24) is 0 Å². The summed E-state index contributed by atoms with van der Waals surface area (Å²) in [6.45, 7) is 19.7. The van der Waals surface area contributed by atoms with Gasteiger partial charge < -0.3 is 44.5 Å². The summed E-state index contributed by atoms with van der Waals surface area (Å²) in [6.07, 6.45) is 3.01. The zero-order valence-electron chi connectivity index (χ0n) is 29.0. The Labute approximate surface area is 283 Å². The molecule has 0 bridgehead atoms. The smallest absolute Gasteiger partial charge is 0.333 e. The predicted molar refractivity (Wildman–Crippen MR) is 179 cm³/mol. The standard InChI is InChI=1S/C36H54O12/c1-10-34(7,43)19-13-17-24(5)31(41)45-22-26-27(37)29(47-32(42)25(6)18-14-20-35(8,44)11-2)28(38)33(46-26)48-36(9,12-3)21-15-16-23(4)30(39)40/h10-12,16-18,26-29,33,37-38,43-44H,1-3,13-15,19-22H2,4-9H3,(H,39,40)/b23-16+,24-17+,25-18+/t26-,27-,28-,29+,33+,34+,35-,36+/m1/s1. The van der Waals surface area contributed by atoms with Crippen LogP contribution in [0.5, 0.6) is 0 Å². The summed E-state index contributed by atoms with van der Waals surface area (Å²) in [5.74, 6) is -2.63. The maximum atomic E-state index is 13.0. The Morgan fingerprint density at radius 2 is 1.23 bits per heavy atom. The number of carboxylic acid groups (broad SMARTS) is 1. The van der Waals surface area contributed by atoms with E-state index >= 15 is 0 Å². The van der Waals surface area contributed by atoms with Crippen LogP contribution in [-0.2, 0) is 33.3 Å². The number of hydrogen-bond acceptors (Lipinski definition) is 11. The summed E-state index contributed by atoms with van der Waals surface area (Å²) < 4.78 is 22.9. The van der Waals surface area contributed by atoms with Gasteiger partial charge in [-0.2, -0.15) is 0 Å². The van der Waals surface area contributed by atoms with Gasteiger partial charge in [0, 0.05) is 16.7 Å². The molecule has 48 heavy (non-hydrogen) atoms. The molecule has 8 atom stereocenters. The fraction of sp³-hybridized carbons (Fsp3) is 0.583. The molecule has 270 valence electrons. The molecule has 0 amide bonds. The fourth-order valence-electron chi connectivity index (χ4n) is 4.43. The van der Waals surface area contributed by atoms with Gasteiger partial charge in [0.2, 0.25) is 0 Å². The van der Waals surface area contributed by atoms with Gasteiger partial charge in [-0.25, -0.2) is 14.4 Å². The van der Waals surface area contributed by atoms with Gasteiger partial charge >= 0.3 is 17.9 Å². The topological polar surface area (TPSA) is 189 Å². The van der Waals surface area contributed by atoms with E-state index in [4.69, 9.17) is 24.1 Å². The molecule has 12 heteroatoms. The van der Waals surface area contributed by atoms with Gasteiger partial charge in [0.15, 0.2) is 12.4 Å². The molecule has 5 N–H and O–H groups in total. The van der Waals surface area contributed by atoms with Crippen LogP contribution >= 0.6 is 0 Å². The monoisotopic (exact) mass is 678 g/mol. The number of allylic oxidation sites excluding steroid dienone is 3. The molecule has 0 radical (unpaired) electrons. The molecule has 1 saturated heterocycles. The Balaban J connectivity index is 3.22. The SMILES string of the molecule is C=C[C@](C)(O)CC/C=C(\C)C(=O)OC[C@H]1O[C@@H](O[C@@](C)(C=C)CC/C=C(\C)C(=O)O)[C@H](O)[C@@H](OC(=O)/C(C)=C/CC[C@](C)(O)C=C)[C@@H]1O. The number of carboxylic acids is 1. The summed E-state index contributed by atoms with van der Waals surface area (Å²) in [6, 6.07) is 0. The summed E-state index contributed by atoms with van der Waals surface area (Å²) in [4.78, 5) is 36.9. The number of aliphatic hydroxyl groups is 4. The van der Waals surface area contributed by atoms with E-state index in [0.29, 0.717) is 19.3 Å². The van der Waals surface area contributed by atoms with E-state index in [-0.39, 0.29) is 36.0 Å². The van der Waals surface area contributed by atoms with E-state index in [1.165, 1.54) is 45.1 Å². The number of rotatable bonds is 20. The van der Waals surface area contributed by atoms with Gasteiger partial charge in [-0.1, -0.05) is 36.5 Å². The van der Waals surface area contributed by atoms with Crippen LogP contribution in [0.1, 0.15) is 80.1 Å². The Bertz CT molecular complexity index is 1240. The molecule has 1 rings (SSSR count). The molecular formula is C36H54O12. The lowest BCUT2D eigenvalue weighted by atomic mass is 9.96. The van der Waals surface area contributed by atoms with Crippen LogP contribution < -0.4 is 0 Å². The minimum absolute atomic E-state index is 0.138. The molecule has 1 aliphatic rings.